The number of hydrogen-bond donors (Lipinski definition) is 1. The smallest absolute Gasteiger partial charge is 0.124 e. The number of hydrogen-bond acceptors (Lipinski definition) is 2. The molecule has 0 saturated carbocycles. The van der Waals surface area contributed by atoms with Crippen molar-refractivity contribution in [2.75, 3.05) is 13.1 Å². The molecule has 0 radical (unpaired) electrons. The van der Waals surface area contributed by atoms with Crippen LogP contribution in [-0.2, 0) is 0 Å². The van der Waals surface area contributed by atoms with Crippen molar-refractivity contribution < 1.29 is 4.39 Å². The van der Waals surface area contributed by atoms with Crippen LogP contribution < -0.4 is 5.32 Å². The molecule has 15 heavy (non-hydrogen) atoms. The Morgan fingerprint density at radius 2 is 2.20 bits per heavy atom. The molecule has 0 spiro atoms. The third-order valence-corrected chi connectivity index (χ3v) is 3.95. The molecule has 1 aromatic carbocycles. The zero-order valence-corrected chi connectivity index (χ0v) is 9.52. The van der Waals surface area contributed by atoms with Gasteiger partial charge in [0.15, 0.2) is 0 Å². The summed E-state index contributed by atoms with van der Waals surface area (Å²) in [7, 11) is 0. The second-order valence-electron chi connectivity index (χ2n) is 3.88. The van der Waals surface area contributed by atoms with E-state index in [9.17, 15) is 4.39 Å². The molecule has 3 heteroatoms. The summed E-state index contributed by atoms with van der Waals surface area (Å²) in [5.41, 5.74) is 0. The highest BCUT2D eigenvalue weighted by Crippen LogP contribution is 2.29. The van der Waals surface area contributed by atoms with Crippen LogP contribution in [0.25, 0.3) is 0 Å². The highest BCUT2D eigenvalue weighted by atomic mass is 32.2. The quantitative estimate of drug-likeness (QED) is 0.830. The number of rotatable bonds is 2. The van der Waals surface area contributed by atoms with Crippen LogP contribution in [0.1, 0.15) is 19.3 Å². The standard InChI is InChI=1S/C12H16FNS/c13-10-3-1-4-12(9-10)15-11-5-2-7-14-8-6-11/h1,3-4,9,11,14H,2,5-8H2. The van der Waals surface area contributed by atoms with E-state index in [0.717, 1.165) is 18.0 Å². The Balaban J connectivity index is 1.95. The van der Waals surface area contributed by atoms with Gasteiger partial charge in [0.2, 0.25) is 0 Å². The van der Waals surface area contributed by atoms with Crippen LogP contribution >= 0.6 is 11.8 Å². The van der Waals surface area contributed by atoms with E-state index in [4.69, 9.17) is 0 Å². The second kappa shape index (κ2) is 5.52. The largest absolute Gasteiger partial charge is 0.317 e. The lowest BCUT2D eigenvalue weighted by molar-refractivity contribution is 0.624. The Morgan fingerprint density at radius 3 is 3.07 bits per heavy atom. The first-order chi connectivity index (χ1) is 7.34. The number of thioether (sulfide) groups is 1. The van der Waals surface area contributed by atoms with Crippen molar-refractivity contribution in [3.05, 3.63) is 30.1 Å². The van der Waals surface area contributed by atoms with Gasteiger partial charge in [-0.2, -0.15) is 0 Å². The van der Waals surface area contributed by atoms with Gasteiger partial charge >= 0.3 is 0 Å². The molecule has 1 N–H and O–H groups in total. The molecule has 1 unspecified atom stereocenters. The van der Waals surface area contributed by atoms with Crippen molar-refractivity contribution in [1.82, 2.24) is 5.32 Å². The highest BCUT2D eigenvalue weighted by Gasteiger charge is 2.13. The van der Waals surface area contributed by atoms with E-state index in [2.05, 4.69) is 5.32 Å². The van der Waals surface area contributed by atoms with Gasteiger partial charge in [0.1, 0.15) is 5.82 Å². The number of nitrogens with one attached hydrogen (secondary N) is 1. The third kappa shape index (κ3) is 3.50. The first-order valence-corrected chi connectivity index (χ1v) is 6.35. The predicted octanol–water partition coefficient (Wildman–Crippen LogP) is 3.06. The van der Waals surface area contributed by atoms with E-state index in [1.165, 1.54) is 25.3 Å². The van der Waals surface area contributed by atoms with Gasteiger partial charge in [0.05, 0.1) is 0 Å². The molecule has 1 saturated heterocycles. The fraction of sp³-hybridized carbons (Fsp3) is 0.500. The fourth-order valence-electron chi connectivity index (χ4n) is 1.84. The third-order valence-electron chi connectivity index (χ3n) is 2.62. The second-order valence-corrected chi connectivity index (χ2v) is 5.25. The summed E-state index contributed by atoms with van der Waals surface area (Å²) in [5, 5.41) is 4.03. The molecule has 1 heterocycles. The molecule has 1 aromatic rings. The maximum Gasteiger partial charge on any atom is 0.124 e. The van der Waals surface area contributed by atoms with E-state index in [0.29, 0.717) is 5.25 Å². The molecule has 0 aromatic heterocycles. The van der Waals surface area contributed by atoms with Crippen molar-refractivity contribution in [1.29, 1.82) is 0 Å². The lowest BCUT2D eigenvalue weighted by atomic mass is 10.2. The molecular formula is C12H16FNS. The molecule has 0 bridgehead atoms. The molecule has 1 aliphatic rings. The highest BCUT2D eigenvalue weighted by molar-refractivity contribution is 8.00. The lowest BCUT2D eigenvalue weighted by Crippen LogP contribution is -2.14. The number of halogens is 1. The fourth-order valence-corrected chi connectivity index (χ4v) is 3.08. The minimum atomic E-state index is -0.133. The summed E-state index contributed by atoms with van der Waals surface area (Å²) in [6, 6.07) is 6.90. The van der Waals surface area contributed by atoms with Gasteiger partial charge in [-0.25, -0.2) is 4.39 Å². The monoisotopic (exact) mass is 225 g/mol. The first-order valence-electron chi connectivity index (χ1n) is 5.47. The molecule has 1 nitrogen and oxygen atoms in total. The molecule has 0 amide bonds. The summed E-state index contributed by atoms with van der Waals surface area (Å²) in [6.07, 6.45) is 3.64. The summed E-state index contributed by atoms with van der Waals surface area (Å²) in [6.45, 7) is 2.22. The van der Waals surface area contributed by atoms with Gasteiger partial charge in [0.25, 0.3) is 0 Å². The van der Waals surface area contributed by atoms with E-state index in [-0.39, 0.29) is 5.82 Å². The molecule has 82 valence electrons. The van der Waals surface area contributed by atoms with Crippen LogP contribution in [0.2, 0.25) is 0 Å². The van der Waals surface area contributed by atoms with Crippen molar-refractivity contribution in [2.45, 2.75) is 29.4 Å². The van der Waals surface area contributed by atoms with Gasteiger partial charge in [-0.1, -0.05) is 6.07 Å². The maximum atomic E-state index is 13.0. The average Bonchev–Trinajstić information content (AvgIpc) is 2.46. The lowest BCUT2D eigenvalue weighted by Gasteiger charge is -2.12. The van der Waals surface area contributed by atoms with Crippen LogP contribution in [0, 0.1) is 5.82 Å². The van der Waals surface area contributed by atoms with Crippen LogP contribution in [0.15, 0.2) is 29.2 Å². The van der Waals surface area contributed by atoms with Crippen molar-refractivity contribution in [2.24, 2.45) is 0 Å². The maximum absolute atomic E-state index is 13.0. The van der Waals surface area contributed by atoms with Crippen LogP contribution in [0.5, 0.6) is 0 Å². The van der Waals surface area contributed by atoms with Crippen molar-refractivity contribution in [3.63, 3.8) is 0 Å². The normalized spacial score (nSPS) is 22.3. The first kappa shape index (κ1) is 11.0. The van der Waals surface area contributed by atoms with Crippen LogP contribution in [-0.4, -0.2) is 18.3 Å². The number of benzene rings is 1. The molecule has 1 aliphatic heterocycles. The Labute approximate surface area is 94.5 Å². The molecule has 2 rings (SSSR count). The summed E-state index contributed by atoms with van der Waals surface area (Å²) < 4.78 is 13.0. The zero-order chi connectivity index (χ0) is 10.5. The van der Waals surface area contributed by atoms with Crippen LogP contribution in [0.4, 0.5) is 4.39 Å². The average molecular weight is 225 g/mol. The van der Waals surface area contributed by atoms with Crippen molar-refractivity contribution in [3.8, 4) is 0 Å². The molecule has 0 aliphatic carbocycles. The van der Waals surface area contributed by atoms with E-state index in [1.807, 2.05) is 17.8 Å². The summed E-state index contributed by atoms with van der Waals surface area (Å²) in [5.74, 6) is -0.133. The van der Waals surface area contributed by atoms with E-state index < -0.39 is 0 Å². The Kier molecular flexibility index (Phi) is 4.03. The van der Waals surface area contributed by atoms with Crippen LogP contribution in [0.3, 0.4) is 0 Å². The van der Waals surface area contributed by atoms with Gasteiger partial charge in [0, 0.05) is 10.1 Å². The Bertz CT molecular complexity index is 308. The van der Waals surface area contributed by atoms with Gasteiger partial charge in [-0.05, 0) is 50.6 Å². The Morgan fingerprint density at radius 1 is 1.27 bits per heavy atom. The SMILES string of the molecule is Fc1cccc(SC2CCCNCC2)c1. The summed E-state index contributed by atoms with van der Waals surface area (Å²) in [4.78, 5) is 1.06. The Hall–Kier alpha value is -0.540. The van der Waals surface area contributed by atoms with E-state index >= 15 is 0 Å². The van der Waals surface area contributed by atoms with Gasteiger partial charge < -0.3 is 5.32 Å². The zero-order valence-electron chi connectivity index (χ0n) is 8.71. The minimum Gasteiger partial charge on any atom is -0.317 e. The molecular weight excluding hydrogens is 209 g/mol. The summed E-state index contributed by atoms with van der Waals surface area (Å²) >= 11 is 1.81. The minimum absolute atomic E-state index is 0.133. The van der Waals surface area contributed by atoms with Gasteiger partial charge in [-0.15, -0.1) is 11.8 Å². The van der Waals surface area contributed by atoms with E-state index in [1.54, 1.807) is 12.1 Å². The molecule has 1 atom stereocenters. The van der Waals surface area contributed by atoms with Crippen molar-refractivity contribution >= 4 is 11.8 Å². The topological polar surface area (TPSA) is 12.0 Å². The van der Waals surface area contributed by atoms with Gasteiger partial charge in [-0.3, -0.25) is 0 Å². The molecule has 1 fully saturated rings. The predicted molar refractivity (Wildman–Crippen MR) is 62.8 cm³/mol.